The van der Waals surface area contributed by atoms with Crippen LogP contribution in [0.1, 0.15) is 18.5 Å². The maximum absolute atomic E-state index is 5.62. The summed E-state index contributed by atoms with van der Waals surface area (Å²) in [6.45, 7) is 1.93. The molecular formula is C7H10BrClN2. The molecule has 0 fully saturated rings. The molecule has 0 bridgehead atoms. The zero-order valence-corrected chi connectivity index (χ0v) is 8.52. The Hall–Kier alpha value is -0.120. The molecule has 1 aromatic rings. The first-order valence-corrected chi connectivity index (χ1v) is 3.85. The summed E-state index contributed by atoms with van der Waals surface area (Å²) in [5.41, 5.74) is 6.67. The van der Waals surface area contributed by atoms with E-state index in [9.17, 15) is 0 Å². The first kappa shape index (κ1) is 10.9. The van der Waals surface area contributed by atoms with Crippen molar-refractivity contribution in [3.8, 4) is 0 Å². The summed E-state index contributed by atoms with van der Waals surface area (Å²) in [4.78, 5) is 3.98. The fourth-order valence-electron chi connectivity index (χ4n) is 0.677. The molecule has 2 N–H and O–H groups in total. The second kappa shape index (κ2) is 4.70. The SMILES string of the molecule is CC(N)c1cncc(Br)c1.Cl. The van der Waals surface area contributed by atoms with E-state index in [0.717, 1.165) is 10.0 Å². The summed E-state index contributed by atoms with van der Waals surface area (Å²) < 4.78 is 0.974. The van der Waals surface area contributed by atoms with Crippen molar-refractivity contribution in [2.75, 3.05) is 0 Å². The minimum atomic E-state index is 0. The van der Waals surface area contributed by atoms with Gasteiger partial charge in [0.15, 0.2) is 0 Å². The highest BCUT2D eigenvalue weighted by molar-refractivity contribution is 9.10. The van der Waals surface area contributed by atoms with Gasteiger partial charge in [0.05, 0.1) is 0 Å². The van der Waals surface area contributed by atoms with Crippen LogP contribution in [0, 0.1) is 0 Å². The lowest BCUT2D eigenvalue weighted by atomic mass is 10.2. The Kier molecular flexibility index (Phi) is 4.65. The third-order valence-corrected chi connectivity index (χ3v) is 1.69. The molecule has 1 atom stereocenters. The Bertz CT molecular complexity index is 227. The highest BCUT2D eigenvalue weighted by Gasteiger charge is 1.98. The third-order valence-electron chi connectivity index (χ3n) is 1.25. The zero-order valence-electron chi connectivity index (χ0n) is 6.12. The number of halogens is 2. The van der Waals surface area contributed by atoms with Crippen LogP contribution in [0.5, 0.6) is 0 Å². The maximum atomic E-state index is 5.62. The van der Waals surface area contributed by atoms with Crippen LogP contribution >= 0.6 is 28.3 Å². The van der Waals surface area contributed by atoms with E-state index in [1.54, 1.807) is 12.4 Å². The molecule has 0 radical (unpaired) electrons. The monoisotopic (exact) mass is 236 g/mol. The fraction of sp³-hybridized carbons (Fsp3) is 0.286. The number of hydrogen-bond donors (Lipinski definition) is 1. The highest BCUT2D eigenvalue weighted by atomic mass is 79.9. The lowest BCUT2D eigenvalue weighted by molar-refractivity contribution is 0.810. The minimum Gasteiger partial charge on any atom is -0.324 e. The van der Waals surface area contributed by atoms with Crippen molar-refractivity contribution in [2.24, 2.45) is 5.73 Å². The predicted octanol–water partition coefficient (Wildman–Crippen LogP) is 2.29. The van der Waals surface area contributed by atoms with Crippen molar-refractivity contribution < 1.29 is 0 Å². The molecule has 0 aromatic carbocycles. The van der Waals surface area contributed by atoms with Crippen LogP contribution in [0.2, 0.25) is 0 Å². The van der Waals surface area contributed by atoms with Crippen LogP contribution in [0.4, 0.5) is 0 Å². The topological polar surface area (TPSA) is 38.9 Å². The quantitative estimate of drug-likeness (QED) is 0.814. The molecule has 1 unspecified atom stereocenters. The lowest BCUT2D eigenvalue weighted by Crippen LogP contribution is -2.04. The summed E-state index contributed by atoms with van der Waals surface area (Å²) in [7, 11) is 0. The molecular weight excluding hydrogens is 227 g/mol. The van der Waals surface area contributed by atoms with E-state index in [1.165, 1.54) is 0 Å². The van der Waals surface area contributed by atoms with Gasteiger partial charge in [-0.3, -0.25) is 4.98 Å². The second-order valence-corrected chi connectivity index (χ2v) is 3.14. The van der Waals surface area contributed by atoms with Crippen LogP contribution in [0.25, 0.3) is 0 Å². The summed E-state index contributed by atoms with van der Waals surface area (Å²) in [5, 5.41) is 0. The fourth-order valence-corrected chi connectivity index (χ4v) is 1.06. The predicted molar refractivity (Wildman–Crippen MR) is 51.8 cm³/mol. The van der Waals surface area contributed by atoms with Gasteiger partial charge in [-0.05, 0) is 34.5 Å². The van der Waals surface area contributed by atoms with Gasteiger partial charge < -0.3 is 5.73 Å². The van der Waals surface area contributed by atoms with Crippen molar-refractivity contribution in [3.63, 3.8) is 0 Å². The van der Waals surface area contributed by atoms with E-state index in [-0.39, 0.29) is 18.4 Å². The smallest absolute Gasteiger partial charge is 0.0410 e. The number of nitrogens with zero attached hydrogens (tertiary/aromatic N) is 1. The van der Waals surface area contributed by atoms with Gasteiger partial charge in [-0.1, -0.05) is 0 Å². The Balaban J connectivity index is 0.000001000. The second-order valence-electron chi connectivity index (χ2n) is 2.23. The maximum Gasteiger partial charge on any atom is 0.0410 e. The molecule has 1 rings (SSSR count). The number of rotatable bonds is 1. The Morgan fingerprint density at radius 3 is 2.55 bits per heavy atom. The number of hydrogen-bond acceptors (Lipinski definition) is 2. The van der Waals surface area contributed by atoms with Gasteiger partial charge in [0.25, 0.3) is 0 Å². The minimum absolute atomic E-state index is 0. The van der Waals surface area contributed by atoms with Crippen LogP contribution in [-0.2, 0) is 0 Å². The van der Waals surface area contributed by atoms with Gasteiger partial charge in [-0.2, -0.15) is 0 Å². The third kappa shape index (κ3) is 3.18. The van der Waals surface area contributed by atoms with Gasteiger partial charge in [0, 0.05) is 22.9 Å². The number of nitrogens with two attached hydrogens (primary N) is 1. The summed E-state index contributed by atoms with van der Waals surface area (Å²) >= 11 is 3.31. The van der Waals surface area contributed by atoms with Crippen LogP contribution in [0.3, 0.4) is 0 Å². The molecule has 0 aliphatic carbocycles. The first-order chi connectivity index (χ1) is 4.70. The van der Waals surface area contributed by atoms with Crippen molar-refractivity contribution in [1.82, 2.24) is 4.98 Å². The zero-order chi connectivity index (χ0) is 7.56. The molecule has 0 saturated carbocycles. The van der Waals surface area contributed by atoms with Crippen LogP contribution in [-0.4, -0.2) is 4.98 Å². The average molecular weight is 238 g/mol. The van der Waals surface area contributed by atoms with Crippen molar-refractivity contribution >= 4 is 28.3 Å². The Labute approximate surface area is 80.7 Å². The van der Waals surface area contributed by atoms with Gasteiger partial charge in [-0.15, -0.1) is 12.4 Å². The molecule has 0 aliphatic heterocycles. The molecule has 62 valence electrons. The molecule has 4 heteroatoms. The summed E-state index contributed by atoms with van der Waals surface area (Å²) in [5.74, 6) is 0. The largest absolute Gasteiger partial charge is 0.324 e. The molecule has 1 aromatic heterocycles. The first-order valence-electron chi connectivity index (χ1n) is 3.06. The van der Waals surface area contributed by atoms with E-state index >= 15 is 0 Å². The lowest BCUT2D eigenvalue weighted by Gasteiger charge is -2.03. The van der Waals surface area contributed by atoms with Gasteiger partial charge in [-0.25, -0.2) is 0 Å². The number of pyridine rings is 1. The van der Waals surface area contributed by atoms with Crippen LogP contribution in [0.15, 0.2) is 22.9 Å². The molecule has 1 heterocycles. The molecule has 0 aliphatic rings. The normalized spacial score (nSPS) is 11.9. The van der Waals surface area contributed by atoms with Gasteiger partial charge >= 0.3 is 0 Å². The summed E-state index contributed by atoms with van der Waals surface area (Å²) in [6.07, 6.45) is 3.52. The van der Waals surface area contributed by atoms with E-state index < -0.39 is 0 Å². The van der Waals surface area contributed by atoms with Crippen LogP contribution < -0.4 is 5.73 Å². The Morgan fingerprint density at radius 2 is 2.18 bits per heavy atom. The molecule has 11 heavy (non-hydrogen) atoms. The standard InChI is InChI=1S/C7H9BrN2.ClH/c1-5(9)6-2-7(8)4-10-3-6;/h2-5H,9H2,1H3;1H. The van der Waals surface area contributed by atoms with Crippen molar-refractivity contribution in [3.05, 3.63) is 28.5 Å². The molecule has 0 amide bonds. The van der Waals surface area contributed by atoms with Crippen molar-refractivity contribution in [1.29, 1.82) is 0 Å². The van der Waals surface area contributed by atoms with E-state index in [4.69, 9.17) is 5.73 Å². The number of aromatic nitrogens is 1. The van der Waals surface area contributed by atoms with E-state index in [1.807, 2.05) is 13.0 Å². The summed E-state index contributed by atoms with van der Waals surface area (Å²) in [6, 6.07) is 2.03. The van der Waals surface area contributed by atoms with Crippen molar-refractivity contribution in [2.45, 2.75) is 13.0 Å². The molecule has 0 saturated heterocycles. The average Bonchev–Trinajstić information content (AvgIpc) is 1.88. The molecule has 0 spiro atoms. The Morgan fingerprint density at radius 1 is 1.55 bits per heavy atom. The van der Waals surface area contributed by atoms with E-state index in [2.05, 4.69) is 20.9 Å². The highest BCUT2D eigenvalue weighted by Crippen LogP contribution is 2.13. The van der Waals surface area contributed by atoms with Gasteiger partial charge in [0.2, 0.25) is 0 Å². The van der Waals surface area contributed by atoms with Gasteiger partial charge in [0.1, 0.15) is 0 Å². The van der Waals surface area contributed by atoms with E-state index in [0.29, 0.717) is 0 Å². The molecule has 2 nitrogen and oxygen atoms in total.